The molecule has 3 aromatic carbocycles. The fourth-order valence-corrected chi connectivity index (χ4v) is 4.63. The highest BCUT2D eigenvalue weighted by molar-refractivity contribution is 6.31. The number of para-hydroxylation sites is 1. The van der Waals surface area contributed by atoms with Crippen LogP contribution in [0.5, 0.6) is 0 Å². The van der Waals surface area contributed by atoms with Gasteiger partial charge in [-0.15, -0.1) is 0 Å². The van der Waals surface area contributed by atoms with Gasteiger partial charge in [0.1, 0.15) is 5.82 Å². The average molecular weight is 494 g/mol. The predicted molar refractivity (Wildman–Crippen MR) is 137 cm³/mol. The van der Waals surface area contributed by atoms with Crippen LogP contribution in [0.3, 0.4) is 0 Å². The molecule has 0 spiro atoms. The van der Waals surface area contributed by atoms with Crippen molar-refractivity contribution in [3.8, 4) is 0 Å². The van der Waals surface area contributed by atoms with E-state index in [0.29, 0.717) is 41.5 Å². The van der Waals surface area contributed by atoms with Crippen molar-refractivity contribution in [2.24, 2.45) is 5.92 Å². The molecule has 1 fully saturated rings. The number of amides is 2. The minimum atomic E-state index is -0.337. The molecule has 2 N–H and O–H groups in total. The van der Waals surface area contributed by atoms with Gasteiger partial charge in [-0.2, -0.15) is 0 Å². The monoisotopic (exact) mass is 493 g/mol. The fraction of sp³-hybridized carbons (Fsp3) is 0.286. The zero-order chi connectivity index (χ0) is 24.6. The van der Waals surface area contributed by atoms with Gasteiger partial charge in [-0.05, 0) is 55.6 Å². The number of carbonyl (C=O) groups is 2. The minimum Gasteiger partial charge on any atom is -0.352 e. The maximum absolute atomic E-state index is 14.2. The summed E-state index contributed by atoms with van der Waals surface area (Å²) >= 11 is 6.19. The summed E-state index contributed by atoms with van der Waals surface area (Å²) in [5, 5.41) is 6.28. The lowest BCUT2D eigenvalue weighted by Crippen LogP contribution is -2.40. The SMILES string of the molecule is O=C(NCCc1ccccc1)c1ccccc1NC(=O)C1CCCN(Cc2c(F)cccc2Cl)C1. The standard InChI is InChI=1S/C28H29ClFN3O2/c29-24-12-6-13-25(30)23(24)19-33-17-7-10-21(18-33)27(34)32-26-14-5-4-11-22(26)28(35)31-16-15-20-8-2-1-3-9-20/h1-6,8-9,11-14,21H,7,10,15-19H2,(H,31,35)(H,32,34). The maximum atomic E-state index is 14.2. The van der Waals surface area contributed by atoms with Gasteiger partial charge in [0, 0.05) is 30.2 Å². The molecule has 7 heteroatoms. The van der Waals surface area contributed by atoms with Gasteiger partial charge in [-0.1, -0.05) is 60.1 Å². The Hall–Kier alpha value is -3.22. The molecule has 4 rings (SSSR count). The molecule has 0 aromatic heterocycles. The number of carbonyl (C=O) groups excluding carboxylic acids is 2. The predicted octanol–water partition coefficient (Wildman–Crippen LogP) is 5.30. The zero-order valence-electron chi connectivity index (χ0n) is 19.5. The molecule has 1 unspecified atom stereocenters. The third kappa shape index (κ3) is 6.68. The summed E-state index contributed by atoms with van der Waals surface area (Å²) in [4.78, 5) is 28.0. The molecule has 182 valence electrons. The molecule has 1 heterocycles. The normalized spacial score (nSPS) is 16.0. The van der Waals surface area contributed by atoms with Crippen LogP contribution < -0.4 is 10.6 Å². The Kier molecular flexibility index (Phi) is 8.50. The lowest BCUT2D eigenvalue weighted by molar-refractivity contribution is -0.121. The van der Waals surface area contributed by atoms with Crippen molar-refractivity contribution in [3.05, 3.63) is 100 Å². The Morgan fingerprint density at radius 3 is 2.57 bits per heavy atom. The number of halogens is 2. The molecule has 0 saturated carbocycles. The van der Waals surface area contributed by atoms with Gasteiger partial charge in [-0.25, -0.2) is 4.39 Å². The third-order valence-electron chi connectivity index (χ3n) is 6.29. The largest absolute Gasteiger partial charge is 0.352 e. The maximum Gasteiger partial charge on any atom is 0.253 e. The highest BCUT2D eigenvalue weighted by Crippen LogP contribution is 2.25. The average Bonchev–Trinajstić information content (AvgIpc) is 2.87. The van der Waals surface area contributed by atoms with E-state index >= 15 is 0 Å². The first-order valence-electron chi connectivity index (χ1n) is 11.9. The van der Waals surface area contributed by atoms with Gasteiger partial charge < -0.3 is 10.6 Å². The Morgan fingerprint density at radius 2 is 1.77 bits per heavy atom. The van der Waals surface area contributed by atoms with Crippen LogP contribution in [0.25, 0.3) is 0 Å². The van der Waals surface area contributed by atoms with Crippen LogP contribution in [0.4, 0.5) is 10.1 Å². The van der Waals surface area contributed by atoms with Crippen LogP contribution in [0, 0.1) is 11.7 Å². The van der Waals surface area contributed by atoms with Crippen molar-refractivity contribution in [3.63, 3.8) is 0 Å². The number of anilines is 1. The smallest absolute Gasteiger partial charge is 0.253 e. The fourth-order valence-electron chi connectivity index (χ4n) is 4.41. The molecule has 0 aliphatic carbocycles. The number of benzene rings is 3. The molecule has 5 nitrogen and oxygen atoms in total. The molecule has 1 atom stereocenters. The van der Waals surface area contributed by atoms with Crippen molar-refractivity contribution >= 4 is 29.1 Å². The second-order valence-electron chi connectivity index (χ2n) is 8.80. The molecule has 35 heavy (non-hydrogen) atoms. The molecule has 2 amide bonds. The van der Waals surface area contributed by atoms with E-state index in [1.807, 2.05) is 30.3 Å². The lowest BCUT2D eigenvalue weighted by Gasteiger charge is -2.32. The number of nitrogens with one attached hydrogen (secondary N) is 2. The van der Waals surface area contributed by atoms with Crippen LogP contribution in [-0.2, 0) is 17.8 Å². The van der Waals surface area contributed by atoms with Crippen molar-refractivity contribution in [2.45, 2.75) is 25.8 Å². The molecule has 1 saturated heterocycles. The molecular weight excluding hydrogens is 465 g/mol. The lowest BCUT2D eigenvalue weighted by atomic mass is 9.96. The second kappa shape index (κ2) is 12.0. The van der Waals surface area contributed by atoms with E-state index < -0.39 is 0 Å². The first-order valence-corrected chi connectivity index (χ1v) is 12.3. The van der Waals surface area contributed by atoms with Crippen molar-refractivity contribution < 1.29 is 14.0 Å². The molecule has 0 bridgehead atoms. The van der Waals surface area contributed by atoms with E-state index in [1.165, 1.54) is 6.07 Å². The number of nitrogens with zero attached hydrogens (tertiary/aromatic N) is 1. The minimum absolute atomic E-state index is 0.140. The van der Waals surface area contributed by atoms with Crippen LogP contribution >= 0.6 is 11.6 Å². The van der Waals surface area contributed by atoms with Gasteiger partial charge >= 0.3 is 0 Å². The summed E-state index contributed by atoms with van der Waals surface area (Å²) in [6, 6.07) is 21.6. The van der Waals surface area contributed by atoms with Gasteiger partial charge in [0.05, 0.1) is 17.2 Å². The van der Waals surface area contributed by atoms with Crippen molar-refractivity contribution in [1.29, 1.82) is 0 Å². The number of rotatable bonds is 8. The number of hydrogen-bond donors (Lipinski definition) is 2. The summed E-state index contributed by atoms with van der Waals surface area (Å²) < 4.78 is 14.2. The summed E-state index contributed by atoms with van der Waals surface area (Å²) in [6.45, 7) is 2.13. The van der Waals surface area contributed by atoms with E-state index in [0.717, 1.165) is 31.4 Å². The molecule has 1 aliphatic heterocycles. The molecule has 1 aliphatic rings. The van der Waals surface area contributed by atoms with Crippen LogP contribution in [0.2, 0.25) is 5.02 Å². The number of piperidine rings is 1. The summed E-state index contributed by atoms with van der Waals surface area (Å²) in [6.07, 6.45) is 2.29. The van der Waals surface area contributed by atoms with E-state index in [1.54, 1.807) is 36.4 Å². The third-order valence-corrected chi connectivity index (χ3v) is 6.65. The van der Waals surface area contributed by atoms with Gasteiger partial charge in [0.25, 0.3) is 5.91 Å². The van der Waals surface area contributed by atoms with E-state index in [2.05, 4.69) is 15.5 Å². The molecule has 0 radical (unpaired) electrons. The summed E-state index contributed by atoms with van der Waals surface area (Å²) in [5.41, 5.74) is 2.52. The number of likely N-dealkylation sites (tertiary alicyclic amines) is 1. The van der Waals surface area contributed by atoms with Crippen LogP contribution in [-0.4, -0.2) is 36.3 Å². The number of hydrogen-bond acceptors (Lipinski definition) is 3. The quantitative estimate of drug-likeness (QED) is 0.447. The Labute approximate surface area is 210 Å². The van der Waals surface area contributed by atoms with E-state index in [-0.39, 0.29) is 23.5 Å². The highest BCUT2D eigenvalue weighted by Gasteiger charge is 2.27. The van der Waals surface area contributed by atoms with Gasteiger partial charge in [-0.3, -0.25) is 14.5 Å². The molecule has 3 aromatic rings. The second-order valence-corrected chi connectivity index (χ2v) is 9.21. The van der Waals surface area contributed by atoms with Crippen molar-refractivity contribution in [1.82, 2.24) is 10.2 Å². The Balaban J connectivity index is 1.35. The zero-order valence-corrected chi connectivity index (χ0v) is 20.2. The van der Waals surface area contributed by atoms with Crippen LogP contribution in [0.1, 0.15) is 34.3 Å². The van der Waals surface area contributed by atoms with Crippen molar-refractivity contribution in [2.75, 3.05) is 25.0 Å². The van der Waals surface area contributed by atoms with Crippen LogP contribution in [0.15, 0.2) is 72.8 Å². The van der Waals surface area contributed by atoms with Gasteiger partial charge in [0.2, 0.25) is 5.91 Å². The first kappa shape index (κ1) is 24.9. The summed E-state index contributed by atoms with van der Waals surface area (Å²) in [7, 11) is 0. The topological polar surface area (TPSA) is 61.4 Å². The Bertz CT molecular complexity index is 1150. The first-order chi connectivity index (χ1) is 17.0. The van der Waals surface area contributed by atoms with E-state index in [4.69, 9.17) is 11.6 Å². The summed E-state index contributed by atoms with van der Waals surface area (Å²) in [5.74, 6) is -0.963. The molecular formula is C28H29ClFN3O2. The van der Waals surface area contributed by atoms with Gasteiger partial charge in [0.15, 0.2) is 0 Å². The highest BCUT2D eigenvalue weighted by atomic mass is 35.5. The van der Waals surface area contributed by atoms with E-state index in [9.17, 15) is 14.0 Å². The Morgan fingerprint density at radius 1 is 1.00 bits per heavy atom.